The van der Waals surface area contributed by atoms with Gasteiger partial charge in [0.1, 0.15) is 0 Å². The van der Waals surface area contributed by atoms with E-state index in [2.05, 4.69) is 32.2 Å². The molecule has 13 heavy (non-hydrogen) atoms. The van der Waals surface area contributed by atoms with E-state index in [4.69, 9.17) is 0 Å². The number of aryl methyl sites for hydroxylation is 2. The summed E-state index contributed by atoms with van der Waals surface area (Å²) < 4.78 is 0. The summed E-state index contributed by atoms with van der Waals surface area (Å²) in [6.45, 7) is 6.68. The third-order valence-electron chi connectivity index (χ3n) is 2.61. The van der Waals surface area contributed by atoms with Crippen LogP contribution in [-0.2, 0) is 0 Å². The summed E-state index contributed by atoms with van der Waals surface area (Å²) in [5, 5.41) is 3.63. The molecular formula is C11H17NS. The van der Waals surface area contributed by atoms with E-state index >= 15 is 0 Å². The first-order valence-electron chi connectivity index (χ1n) is 5.00. The predicted molar refractivity (Wildman–Crippen MR) is 58.4 cm³/mol. The molecule has 0 bridgehead atoms. The van der Waals surface area contributed by atoms with Gasteiger partial charge in [0.2, 0.25) is 0 Å². The van der Waals surface area contributed by atoms with E-state index in [0.29, 0.717) is 6.04 Å². The second-order valence-corrected chi connectivity index (χ2v) is 5.49. The molecule has 2 heteroatoms. The molecule has 1 aromatic heterocycles. The van der Waals surface area contributed by atoms with Crippen LogP contribution in [0.4, 0.5) is 0 Å². The van der Waals surface area contributed by atoms with Gasteiger partial charge in [-0.05, 0) is 45.2 Å². The maximum Gasteiger partial charge on any atom is 0.0305 e. The first-order valence-corrected chi connectivity index (χ1v) is 5.81. The van der Waals surface area contributed by atoms with Gasteiger partial charge in [-0.1, -0.05) is 0 Å². The normalized spacial score (nSPS) is 19.0. The minimum atomic E-state index is 0.539. The lowest BCUT2D eigenvalue weighted by atomic mass is 10.1. The topological polar surface area (TPSA) is 12.0 Å². The fourth-order valence-electron chi connectivity index (χ4n) is 1.77. The number of hydrogen-bond donors (Lipinski definition) is 1. The van der Waals surface area contributed by atoms with Crippen LogP contribution < -0.4 is 5.32 Å². The van der Waals surface area contributed by atoms with E-state index in [9.17, 15) is 0 Å². The summed E-state index contributed by atoms with van der Waals surface area (Å²) in [6.07, 6.45) is 2.74. The highest BCUT2D eigenvalue weighted by atomic mass is 32.1. The number of nitrogens with one attached hydrogen (secondary N) is 1. The van der Waals surface area contributed by atoms with Crippen LogP contribution in [0.5, 0.6) is 0 Å². The zero-order chi connectivity index (χ0) is 9.42. The van der Waals surface area contributed by atoms with E-state index in [-0.39, 0.29) is 0 Å². The maximum absolute atomic E-state index is 3.63. The van der Waals surface area contributed by atoms with Crippen LogP contribution in [0.3, 0.4) is 0 Å². The summed E-state index contributed by atoms with van der Waals surface area (Å²) in [7, 11) is 0. The Hall–Kier alpha value is -0.340. The highest BCUT2D eigenvalue weighted by Gasteiger charge is 2.24. The molecule has 1 nitrogen and oxygen atoms in total. The van der Waals surface area contributed by atoms with Crippen molar-refractivity contribution in [3.63, 3.8) is 0 Å². The second-order valence-electron chi connectivity index (χ2n) is 4.03. The van der Waals surface area contributed by atoms with Gasteiger partial charge in [0.05, 0.1) is 0 Å². The first-order chi connectivity index (χ1) is 6.16. The van der Waals surface area contributed by atoms with Crippen molar-refractivity contribution < 1.29 is 0 Å². The van der Waals surface area contributed by atoms with Gasteiger partial charge in [-0.15, -0.1) is 11.3 Å². The standard InChI is InChI=1S/C11H17NS/c1-7-6-11(9(3)13-7)8(2)12-10-4-5-10/h6,8,10,12H,4-5H2,1-3H3. The van der Waals surface area contributed by atoms with Crippen molar-refractivity contribution in [2.24, 2.45) is 0 Å². The van der Waals surface area contributed by atoms with Crippen molar-refractivity contribution in [1.29, 1.82) is 0 Å². The molecule has 1 heterocycles. The molecule has 72 valence electrons. The molecule has 1 fully saturated rings. The second kappa shape index (κ2) is 3.43. The molecule has 1 unspecified atom stereocenters. The summed E-state index contributed by atoms with van der Waals surface area (Å²) in [5.74, 6) is 0. The van der Waals surface area contributed by atoms with Gasteiger partial charge in [0.15, 0.2) is 0 Å². The van der Waals surface area contributed by atoms with Crippen molar-refractivity contribution in [2.75, 3.05) is 0 Å². The van der Waals surface area contributed by atoms with Gasteiger partial charge in [-0.2, -0.15) is 0 Å². The maximum atomic E-state index is 3.63. The third-order valence-corrected chi connectivity index (χ3v) is 3.59. The Bertz CT molecular complexity index is 299. The lowest BCUT2D eigenvalue weighted by Gasteiger charge is -2.12. The van der Waals surface area contributed by atoms with Gasteiger partial charge in [0, 0.05) is 21.8 Å². The van der Waals surface area contributed by atoms with Gasteiger partial charge in [0.25, 0.3) is 0 Å². The summed E-state index contributed by atoms with van der Waals surface area (Å²) >= 11 is 1.91. The molecule has 2 rings (SSSR count). The van der Waals surface area contributed by atoms with Gasteiger partial charge in [-0.25, -0.2) is 0 Å². The molecule has 1 aliphatic rings. The average Bonchev–Trinajstić information content (AvgIpc) is 2.77. The first kappa shape index (κ1) is 9.22. The number of thiophene rings is 1. The molecule has 1 atom stereocenters. The zero-order valence-electron chi connectivity index (χ0n) is 8.55. The van der Waals surface area contributed by atoms with Gasteiger partial charge in [-0.3, -0.25) is 0 Å². The van der Waals surface area contributed by atoms with Crippen molar-refractivity contribution in [3.05, 3.63) is 21.4 Å². The molecular weight excluding hydrogens is 178 g/mol. The summed E-state index contributed by atoms with van der Waals surface area (Å²) in [4.78, 5) is 2.90. The fraction of sp³-hybridized carbons (Fsp3) is 0.636. The van der Waals surface area contributed by atoms with E-state index in [0.717, 1.165) is 6.04 Å². The van der Waals surface area contributed by atoms with E-state index < -0.39 is 0 Å². The molecule has 0 radical (unpaired) electrons. The molecule has 0 spiro atoms. The summed E-state index contributed by atoms with van der Waals surface area (Å²) in [6, 6.07) is 3.66. The summed E-state index contributed by atoms with van der Waals surface area (Å²) in [5.41, 5.74) is 1.49. The van der Waals surface area contributed by atoms with Crippen molar-refractivity contribution in [3.8, 4) is 0 Å². The molecule has 1 aliphatic carbocycles. The molecule has 0 aromatic carbocycles. The largest absolute Gasteiger partial charge is 0.307 e. The lowest BCUT2D eigenvalue weighted by Crippen LogP contribution is -2.20. The highest BCUT2D eigenvalue weighted by Crippen LogP contribution is 2.29. The lowest BCUT2D eigenvalue weighted by molar-refractivity contribution is 0.570. The molecule has 0 saturated heterocycles. The van der Waals surface area contributed by atoms with Crippen LogP contribution in [-0.4, -0.2) is 6.04 Å². The van der Waals surface area contributed by atoms with Gasteiger partial charge < -0.3 is 5.32 Å². The minimum absolute atomic E-state index is 0.539. The van der Waals surface area contributed by atoms with Crippen LogP contribution in [0.2, 0.25) is 0 Å². The Kier molecular flexibility index (Phi) is 2.43. The number of hydrogen-bond acceptors (Lipinski definition) is 2. The predicted octanol–water partition coefficient (Wildman–Crippen LogP) is 3.18. The Morgan fingerprint density at radius 3 is 2.62 bits per heavy atom. The zero-order valence-corrected chi connectivity index (χ0v) is 9.37. The Morgan fingerprint density at radius 2 is 2.15 bits per heavy atom. The van der Waals surface area contributed by atoms with E-state index in [1.54, 1.807) is 0 Å². The molecule has 1 saturated carbocycles. The van der Waals surface area contributed by atoms with Crippen LogP contribution >= 0.6 is 11.3 Å². The fourth-order valence-corrected chi connectivity index (χ4v) is 2.80. The molecule has 1 N–H and O–H groups in total. The average molecular weight is 195 g/mol. The van der Waals surface area contributed by atoms with E-state index in [1.807, 2.05) is 11.3 Å². The Balaban J connectivity index is 2.08. The van der Waals surface area contributed by atoms with E-state index in [1.165, 1.54) is 28.2 Å². The van der Waals surface area contributed by atoms with Crippen molar-refractivity contribution >= 4 is 11.3 Å². The van der Waals surface area contributed by atoms with Crippen LogP contribution in [0.25, 0.3) is 0 Å². The molecule has 0 amide bonds. The molecule has 1 aromatic rings. The van der Waals surface area contributed by atoms with Crippen molar-refractivity contribution in [1.82, 2.24) is 5.32 Å². The smallest absolute Gasteiger partial charge is 0.0305 e. The third kappa shape index (κ3) is 2.12. The minimum Gasteiger partial charge on any atom is -0.307 e. The monoisotopic (exact) mass is 195 g/mol. The Morgan fingerprint density at radius 1 is 1.46 bits per heavy atom. The van der Waals surface area contributed by atoms with Crippen molar-refractivity contribution in [2.45, 2.75) is 45.7 Å². The SMILES string of the molecule is Cc1cc(C(C)NC2CC2)c(C)s1. The van der Waals surface area contributed by atoms with Crippen LogP contribution in [0.1, 0.15) is 41.1 Å². The van der Waals surface area contributed by atoms with Crippen LogP contribution in [0.15, 0.2) is 6.07 Å². The Labute approximate surface area is 84.2 Å². The van der Waals surface area contributed by atoms with Gasteiger partial charge >= 0.3 is 0 Å². The van der Waals surface area contributed by atoms with Crippen LogP contribution in [0, 0.1) is 13.8 Å². The highest BCUT2D eigenvalue weighted by molar-refractivity contribution is 7.12. The number of rotatable bonds is 3. The molecule has 0 aliphatic heterocycles. The quantitative estimate of drug-likeness (QED) is 0.781.